The number of aryl methyl sites for hydroxylation is 1. The van der Waals surface area contributed by atoms with Crippen LogP contribution in [0.25, 0.3) is 0 Å². The molecule has 1 amide bonds. The van der Waals surface area contributed by atoms with Crippen molar-refractivity contribution in [3.63, 3.8) is 0 Å². The lowest BCUT2D eigenvalue weighted by Crippen LogP contribution is -2.27. The van der Waals surface area contributed by atoms with Crippen LogP contribution in [0.5, 0.6) is 5.75 Å². The summed E-state index contributed by atoms with van der Waals surface area (Å²) in [7, 11) is 0. The van der Waals surface area contributed by atoms with Crippen molar-refractivity contribution in [1.29, 1.82) is 0 Å². The van der Waals surface area contributed by atoms with Gasteiger partial charge in [0.15, 0.2) is 6.61 Å². The van der Waals surface area contributed by atoms with E-state index >= 15 is 0 Å². The average molecular weight is 354 g/mol. The van der Waals surface area contributed by atoms with Crippen molar-refractivity contribution in [2.75, 3.05) is 13.2 Å². The number of benzene rings is 2. The molecule has 2 aromatic rings. The molecule has 0 saturated carbocycles. The maximum absolute atomic E-state index is 11.5. The van der Waals surface area contributed by atoms with Crippen LogP contribution in [0.4, 0.5) is 0 Å². The number of rotatable bonds is 9. The first kappa shape index (κ1) is 19.5. The smallest absolute Gasteiger partial charge is 0.260 e. The van der Waals surface area contributed by atoms with Crippen molar-refractivity contribution in [1.82, 2.24) is 5.32 Å². The van der Waals surface area contributed by atoms with Crippen molar-refractivity contribution in [3.8, 4) is 5.75 Å². The lowest BCUT2D eigenvalue weighted by Gasteiger charge is -2.08. The molecule has 2 rings (SSSR count). The van der Waals surface area contributed by atoms with Gasteiger partial charge < -0.3 is 14.9 Å². The molecule has 0 fully saturated rings. The molecule has 0 aliphatic rings. The van der Waals surface area contributed by atoms with E-state index in [9.17, 15) is 4.79 Å². The Balaban J connectivity index is 1.83. The number of carbonyl (C=O) groups excluding carboxylic acids is 1. The molecule has 0 atom stereocenters. The van der Waals surface area contributed by atoms with Gasteiger partial charge in [-0.3, -0.25) is 4.79 Å². The highest BCUT2D eigenvalue weighted by molar-refractivity contribution is 5.98. The van der Waals surface area contributed by atoms with Crippen LogP contribution in [-0.4, -0.2) is 24.8 Å². The van der Waals surface area contributed by atoms with Gasteiger partial charge in [-0.2, -0.15) is 0 Å². The monoisotopic (exact) mass is 354 g/mol. The van der Waals surface area contributed by atoms with Gasteiger partial charge in [0.2, 0.25) is 0 Å². The molecule has 1 N–H and O–H groups in total. The van der Waals surface area contributed by atoms with Crippen molar-refractivity contribution in [2.45, 2.75) is 33.8 Å². The number of hydrogen-bond acceptors (Lipinski definition) is 4. The van der Waals surface area contributed by atoms with E-state index < -0.39 is 0 Å². The van der Waals surface area contributed by atoms with E-state index in [1.165, 1.54) is 5.56 Å². The van der Waals surface area contributed by atoms with Crippen LogP contribution in [0.2, 0.25) is 0 Å². The van der Waals surface area contributed by atoms with Crippen LogP contribution in [0.1, 0.15) is 37.0 Å². The second-order valence-electron chi connectivity index (χ2n) is 6.10. The highest BCUT2D eigenvalue weighted by atomic mass is 16.6. The van der Waals surface area contributed by atoms with E-state index in [0.29, 0.717) is 18.9 Å². The van der Waals surface area contributed by atoms with E-state index in [4.69, 9.17) is 9.57 Å². The standard InChI is InChI=1S/C21H26N2O3/c1-4-12-22-21(24)15-26-23-17(3)19-8-10-20(11-9-19)25-14-18-7-5-6-16(2)13-18/h5-11,13H,4,12,14-15H2,1-3H3,(H,22,24)/b23-17+. The molecule has 0 aliphatic carbocycles. The molecule has 138 valence electrons. The second-order valence-corrected chi connectivity index (χ2v) is 6.10. The summed E-state index contributed by atoms with van der Waals surface area (Å²) in [5.74, 6) is 0.631. The lowest BCUT2D eigenvalue weighted by atomic mass is 10.1. The van der Waals surface area contributed by atoms with E-state index in [-0.39, 0.29) is 12.5 Å². The summed E-state index contributed by atoms with van der Waals surface area (Å²) in [5.41, 5.74) is 3.98. The highest BCUT2D eigenvalue weighted by Crippen LogP contribution is 2.15. The number of carbonyl (C=O) groups is 1. The minimum atomic E-state index is -0.164. The zero-order valence-corrected chi connectivity index (χ0v) is 15.6. The zero-order valence-electron chi connectivity index (χ0n) is 15.6. The van der Waals surface area contributed by atoms with Gasteiger partial charge in [0.1, 0.15) is 12.4 Å². The van der Waals surface area contributed by atoms with Gasteiger partial charge in [0.25, 0.3) is 5.91 Å². The van der Waals surface area contributed by atoms with Gasteiger partial charge >= 0.3 is 0 Å². The van der Waals surface area contributed by atoms with Crippen LogP contribution in [-0.2, 0) is 16.2 Å². The molecule has 0 aliphatic heterocycles. The Morgan fingerprint density at radius 1 is 1.15 bits per heavy atom. The molecule has 2 aromatic carbocycles. The quantitative estimate of drug-likeness (QED) is 0.550. The van der Waals surface area contributed by atoms with Gasteiger partial charge in [0, 0.05) is 6.54 Å². The third-order valence-corrected chi connectivity index (χ3v) is 3.73. The number of oxime groups is 1. The molecule has 0 aromatic heterocycles. The predicted octanol–water partition coefficient (Wildman–Crippen LogP) is 3.84. The van der Waals surface area contributed by atoms with Gasteiger partial charge in [-0.25, -0.2) is 0 Å². The Bertz CT molecular complexity index is 739. The van der Waals surface area contributed by atoms with Crippen molar-refractivity contribution in [2.24, 2.45) is 5.16 Å². The van der Waals surface area contributed by atoms with Crippen molar-refractivity contribution in [3.05, 3.63) is 65.2 Å². The molecule has 0 unspecified atom stereocenters. The molecule has 0 bridgehead atoms. The minimum Gasteiger partial charge on any atom is -0.489 e. The molecule has 0 heterocycles. The Morgan fingerprint density at radius 3 is 2.62 bits per heavy atom. The molecular formula is C21H26N2O3. The first-order valence-corrected chi connectivity index (χ1v) is 8.80. The fraction of sp³-hybridized carbons (Fsp3) is 0.333. The van der Waals surface area contributed by atoms with Crippen LogP contribution in [0.3, 0.4) is 0 Å². The summed E-state index contributed by atoms with van der Waals surface area (Å²) >= 11 is 0. The third kappa shape index (κ3) is 6.59. The van der Waals surface area contributed by atoms with Crippen LogP contribution in [0.15, 0.2) is 53.7 Å². The van der Waals surface area contributed by atoms with Gasteiger partial charge in [0.05, 0.1) is 5.71 Å². The largest absolute Gasteiger partial charge is 0.489 e. The first-order chi connectivity index (χ1) is 12.6. The number of ether oxygens (including phenoxy) is 1. The fourth-order valence-corrected chi connectivity index (χ4v) is 2.32. The molecule has 5 heteroatoms. The normalized spacial score (nSPS) is 11.1. The molecule has 0 radical (unpaired) electrons. The lowest BCUT2D eigenvalue weighted by molar-refractivity contribution is -0.125. The Kier molecular flexibility index (Phi) is 7.68. The maximum Gasteiger partial charge on any atom is 0.260 e. The average Bonchev–Trinajstić information content (AvgIpc) is 2.65. The van der Waals surface area contributed by atoms with E-state index in [2.05, 4.69) is 29.5 Å². The molecular weight excluding hydrogens is 328 g/mol. The van der Waals surface area contributed by atoms with Crippen LogP contribution < -0.4 is 10.1 Å². The number of nitrogens with one attached hydrogen (secondary N) is 1. The number of hydrogen-bond donors (Lipinski definition) is 1. The minimum absolute atomic E-state index is 0.0744. The Hall–Kier alpha value is -2.82. The van der Waals surface area contributed by atoms with Gasteiger partial charge in [-0.1, -0.05) is 41.9 Å². The molecule has 0 saturated heterocycles. The fourth-order valence-electron chi connectivity index (χ4n) is 2.32. The second kappa shape index (κ2) is 10.2. The topological polar surface area (TPSA) is 59.9 Å². The summed E-state index contributed by atoms with van der Waals surface area (Å²) in [4.78, 5) is 16.6. The summed E-state index contributed by atoms with van der Waals surface area (Å²) in [5, 5.41) is 6.72. The van der Waals surface area contributed by atoms with Crippen molar-refractivity contribution >= 4 is 11.6 Å². The number of amides is 1. The summed E-state index contributed by atoms with van der Waals surface area (Å²) < 4.78 is 5.81. The van der Waals surface area contributed by atoms with E-state index in [1.54, 1.807) is 0 Å². The Morgan fingerprint density at radius 2 is 1.92 bits per heavy atom. The first-order valence-electron chi connectivity index (χ1n) is 8.80. The summed E-state index contributed by atoms with van der Waals surface area (Å²) in [6.07, 6.45) is 0.895. The maximum atomic E-state index is 11.5. The predicted molar refractivity (Wildman–Crippen MR) is 103 cm³/mol. The highest BCUT2D eigenvalue weighted by Gasteiger charge is 2.03. The summed E-state index contributed by atoms with van der Waals surface area (Å²) in [6, 6.07) is 15.9. The SMILES string of the molecule is CCCNC(=O)CO/N=C(\C)c1ccc(OCc2cccc(C)c2)cc1. The van der Waals surface area contributed by atoms with E-state index in [1.807, 2.05) is 50.2 Å². The number of nitrogens with zero attached hydrogens (tertiary/aromatic N) is 1. The molecule has 5 nitrogen and oxygen atoms in total. The van der Waals surface area contributed by atoms with Crippen LogP contribution >= 0.6 is 0 Å². The zero-order chi connectivity index (χ0) is 18.8. The molecule has 26 heavy (non-hydrogen) atoms. The van der Waals surface area contributed by atoms with Gasteiger partial charge in [-0.05, 0) is 55.7 Å². The Labute approximate surface area is 155 Å². The third-order valence-electron chi connectivity index (χ3n) is 3.73. The summed E-state index contributed by atoms with van der Waals surface area (Å²) in [6.45, 7) is 7.01. The van der Waals surface area contributed by atoms with Crippen LogP contribution in [0, 0.1) is 6.92 Å². The van der Waals surface area contributed by atoms with E-state index in [0.717, 1.165) is 23.3 Å². The van der Waals surface area contributed by atoms with Crippen molar-refractivity contribution < 1.29 is 14.4 Å². The van der Waals surface area contributed by atoms with Gasteiger partial charge in [-0.15, -0.1) is 0 Å². The molecule has 0 spiro atoms.